The summed E-state index contributed by atoms with van der Waals surface area (Å²) in [6.45, 7) is 4.01. The normalized spacial score (nSPS) is 13.2. The zero-order valence-corrected chi connectivity index (χ0v) is 7.84. The Balaban J connectivity index is 2.75. The molecule has 0 aliphatic rings. The van der Waals surface area contributed by atoms with Crippen LogP contribution < -0.4 is 0 Å². The molecule has 0 aliphatic carbocycles. The van der Waals surface area contributed by atoms with Gasteiger partial charge in [-0.05, 0) is 12.3 Å². The Morgan fingerprint density at radius 1 is 1.62 bits per heavy atom. The van der Waals surface area contributed by atoms with E-state index in [9.17, 15) is 4.79 Å². The molecule has 0 amide bonds. The molecule has 0 bridgehead atoms. The molecule has 72 valence electrons. The second kappa shape index (κ2) is 4.07. The van der Waals surface area contributed by atoms with Crippen molar-refractivity contribution in [2.24, 2.45) is 5.92 Å². The number of carboxylic acid groups (broad SMARTS) is 1. The zero-order chi connectivity index (χ0) is 9.84. The molecule has 0 unspecified atom stereocenters. The van der Waals surface area contributed by atoms with Crippen molar-refractivity contribution in [2.45, 2.75) is 26.3 Å². The molecule has 0 aromatic carbocycles. The van der Waals surface area contributed by atoms with Gasteiger partial charge in [0.25, 0.3) is 0 Å². The number of hydrogen-bond donors (Lipinski definition) is 1. The third-order valence-corrected chi connectivity index (χ3v) is 1.86. The maximum atomic E-state index is 10.9. The molecule has 0 aliphatic heterocycles. The standard InChI is InChI=1S/C9H14N2O2/c1-7(2)5-8(9(12)13)11-4-3-10-6-11/h3-4,6-8H,5H2,1-2H3,(H,12,13)/t8-/m0/s1. The second-order valence-electron chi connectivity index (χ2n) is 3.49. The highest BCUT2D eigenvalue weighted by atomic mass is 16.4. The fourth-order valence-electron chi connectivity index (χ4n) is 1.25. The van der Waals surface area contributed by atoms with E-state index in [1.807, 2.05) is 13.8 Å². The van der Waals surface area contributed by atoms with E-state index in [-0.39, 0.29) is 0 Å². The number of aliphatic carboxylic acids is 1. The molecule has 0 spiro atoms. The van der Waals surface area contributed by atoms with Crippen LogP contribution in [-0.2, 0) is 4.79 Å². The minimum atomic E-state index is -0.799. The molecule has 1 heterocycles. The van der Waals surface area contributed by atoms with E-state index in [4.69, 9.17) is 5.11 Å². The molecular formula is C9H14N2O2. The SMILES string of the molecule is CC(C)C[C@@H](C(=O)O)n1ccnc1. The lowest BCUT2D eigenvalue weighted by Crippen LogP contribution is -2.19. The molecule has 1 N–H and O–H groups in total. The third-order valence-electron chi connectivity index (χ3n) is 1.86. The van der Waals surface area contributed by atoms with Crippen molar-refractivity contribution in [3.63, 3.8) is 0 Å². The average Bonchev–Trinajstić information content (AvgIpc) is 2.50. The maximum Gasteiger partial charge on any atom is 0.326 e. The van der Waals surface area contributed by atoms with Crippen molar-refractivity contribution in [3.8, 4) is 0 Å². The first-order valence-corrected chi connectivity index (χ1v) is 4.31. The predicted octanol–water partition coefficient (Wildman–Crippen LogP) is 1.55. The molecule has 0 saturated heterocycles. The van der Waals surface area contributed by atoms with Crippen LogP contribution in [0, 0.1) is 5.92 Å². The Morgan fingerprint density at radius 2 is 2.31 bits per heavy atom. The Morgan fingerprint density at radius 3 is 2.69 bits per heavy atom. The lowest BCUT2D eigenvalue weighted by Gasteiger charge is -2.15. The lowest BCUT2D eigenvalue weighted by molar-refractivity contribution is -0.141. The number of imidazole rings is 1. The van der Waals surface area contributed by atoms with Crippen molar-refractivity contribution in [1.82, 2.24) is 9.55 Å². The van der Waals surface area contributed by atoms with Crippen LogP contribution in [0.3, 0.4) is 0 Å². The molecule has 0 saturated carbocycles. The Hall–Kier alpha value is -1.32. The van der Waals surface area contributed by atoms with Gasteiger partial charge in [-0.3, -0.25) is 0 Å². The molecule has 1 aromatic heterocycles. The summed E-state index contributed by atoms with van der Waals surface area (Å²) in [6, 6.07) is -0.484. The largest absolute Gasteiger partial charge is 0.480 e. The first-order valence-electron chi connectivity index (χ1n) is 4.31. The molecule has 1 atom stereocenters. The molecule has 0 radical (unpaired) electrons. The Labute approximate surface area is 77.2 Å². The van der Waals surface area contributed by atoms with Crippen LogP contribution in [0.15, 0.2) is 18.7 Å². The van der Waals surface area contributed by atoms with Gasteiger partial charge >= 0.3 is 5.97 Å². The number of carbonyl (C=O) groups is 1. The van der Waals surface area contributed by atoms with E-state index in [0.717, 1.165) is 0 Å². The monoisotopic (exact) mass is 182 g/mol. The minimum Gasteiger partial charge on any atom is -0.480 e. The van der Waals surface area contributed by atoms with E-state index < -0.39 is 12.0 Å². The van der Waals surface area contributed by atoms with Gasteiger partial charge in [0.2, 0.25) is 0 Å². The molecule has 0 fully saturated rings. The summed E-state index contributed by atoms with van der Waals surface area (Å²) in [6.07, 6.45) is 5.45. The maximum absolute atomic E-state index is 10.9. The van der Waals surface area contributed by atoms with Gasteiger partial charge in [0.15, 0.2) is 0 Å². The van der Waals surface area contributed by atoms with Crippen LogP contribution >= 0.6 is 0 Å². The number of carboxylic acids is 1. The van der Waals surface area contributed by atoms with Crippen molar-refractivity contribution in [3.05, 3.63) is 18.7 Å². The van der Waals surface area contributed by atoms with Gasteiger partial charge in [0, 0.05) is 12.4 Å². The number of hydrogen-bond acceptors (Lipinski definition) is 2. The number of nitrogens with zero attached hydrogens (tertiary/aromatic N) is 2. The summed E-state index contributed by atoms with van der Waals surface area (Å²) in [4.78, 5) is 14.7. The topological polar surface area (TPSA) is 55.1 Å². The van der Waals surface area contributed by atoms with Crippen molar-refractivity contribution < 1.29 is 9.90 Å². The summed E-state index contributed by atoms with van der Waals surface area (Å²) in [5, 5.41) is 8.95. The highest BCUT2D eigenvalue weighted by Gasteiger charge is 2.19. The summed E-state index contributed by atoms with van der Waals surface area (Å²) in [5.41, 5.74) is 0. The van der Waals surface area contributed by atoms with Gasteiger partial charge in [-0.15, -0.1) is 0 Å². The van der Waals surface area contributed by atoms with Crippen molar-refractivity contribution >= 4 is 5.97 Å². The number of aromatic nitrogens is 2. The lowest BCUT2D eigenvalue weighted by atomic mass is 10.0. The van der Waals surface area contributed by atoms with E-state index >= 15 is 0 Å². The van der Waals surface area contributed by atoms with Gasteiger partial charge in [0.05, 0.1) is 6.33 Å². The quantitative estimate of drug-likeness (QED) is 0.768. The molecular weight excluding hydrogens is 168 g/mol. The zero-order valence-electron chi connectivity index (χ0n) is 7.84. The summed E-state index contributed by atoms with van der Waals surface area (Å²) in [5.74, 6) is -0.435. The highest BCUT2D eigenvalue weighted by molar-refractivity contribution is 5.71. The number of rotatable bonds is 4. The van der Waals surface area contributed by atoms with E-state index in [1.165, 1.54) is 0 Å². The van der Waals surface area contributed by atoms with Gasteiger partial charge in [-0.2, -0.15) is 0 Å². The summed E-state index contributed by atoms with van der Waals surface area (Å²) < 4.78 is 1.63. The van der Waals surface area contributed by atoms with Crippen molar-refractivity contribution in [2.75, 3.05) is 0 Å². The van der Waals surface area contributed by atoms with Crippen LogP contribution in [0.5, 0.6) is 0 Å². The highest BCUT2D eigenvalue weighted by Crippen LogP contribution is 2.16. The molecule has 1 rings (SSSR count). The summed E-state index contributed by atoms with van der Waals surface area (Å²) in [7, 11) is 0. The first kappa shape index (κ1) is 9.77. The van der Waals surface area contributed by atoms with Crippen LogP contribution in [0.1, 0.15) is 26.3 Å². The Bertz CT molecular complexity index is 267. The van der Waals surface area contributed by atoms with Crippen LogP contribution in [-0.4, -0.2) is 20.6 Å². The third kappa shape index (κ3) is 2.57. The van der Waals surface area contributed by atoms with E-state index in [0.29, 0.717) is 12.3 Å². The molecule has 4 heteroatoms. The molecule has 13 heavy (non-hydrogen) atoms. The average molecular weight is 182 g/mol. The molecule has 4 nitrogen and oxygen atoms in total. The molecule has 1 aromatic rings. The Kier molecular flexibility index (Phi) is 3.06. The van der Waals surface area contributed by atoms with Gasteiger partial charge < -0.3 is 9.67 Å². The first-order chi connectivity index (χ1) is 6.11. The van der Waals surface area contributed by atoms with Gasteiger partial charge in [-0.25, -0.2) is 9.78 Å². The smallest absolute Gasteiger partial charge is 0.326 e. The van der Waals surface area contributed by atoms with Crippen molar-refractivity contribution in [1.29, 1.82) is 0 Å². The van der Waals surface area contributed by atoms with Gasteiger partial charge in [-0.1, -0.05) is 13.8 Å². The van der Waals surface area contributed by atoms with E-state index in [1.54, 1.807) is 23.3 Å². The predicted molar refractivity (Wildman–Crippen MR) is 48.4 cm³/mol. The van der Waals surface area contributed by atoms with Crippen LogP contribution in [0.4, 0.5) is 0 Å². The van der Waals surface area contributed by atoms with Crippen LogP contribution in [0.25, 0.3) is 0 Å². The van der Waals surface area contributed by atoms with Gasteiger partial charge in [0.1, 0.15) is 6.04 Å². The summed E-state index contributed by atoms with van der Waals surface area (Å²) >= 11 is 0. The fraction of sp³-hybridized carbons (Fsp3) is 0.556. The minimum absolute atomic E-state index is 0.364. The van der Waals surface area contributed by atoms with Crippen LogP contribution in [0.2, 0.25) is 0 Å². The van der Waals surface area contributed by atoms with E-state index in [2.05, 4.69) is 4.98 Å². The second-order valence-corrected chi connectivity index (χ2v) is 3.49. The fourth-order valence-corrected chi connectivity index (χ4v) is 1.25.